The fourth-order valence-electron chi connectivity index (χ4n) is 1.90. The third kappa shape index (κ3) is 3.10. The van der Waals surface area contributed by atoms with Gasteiger partial charge in [0.2, 0.25) is 0 Å². The van der Waals surface area contributed by atoms with Crippen LogP contribution in [-0.2, 0) is 4.79 Å². The molecule has 2 amide bonds. The van der Waals surface area contributed by atoms with E-state index in [4.69, 9.17) is 10.8 Å². The zero-order valence-electron chi connectivity index (χ0n) is 9.48. The molecule has 0 saturated carbocycles. The van der Waals surface area contributed by atoms with Crippen LogP contribution in [0.2, 0.25) is 0 Å². The summed E-state index contributed by atoms with van der Waals surface area (Å²) in [7, 11) is 0. The number of carbonyl (C=O) groups is 2. The first-order valence-corrected chi connectivity index (χ1v) is 5.53. The van der Waals surface area contributed by atoms with Gasteiger partial charge in [-0.2, -0.15) is 0 Å². The Hall–Kier alpha value is -1.30. The van der Waals surface area contributed by atoms with Crippen LogP contribution in [0.25, 0.3) is 0 Å². The number of likely N-dealkylation sites (tertiary alicyclic amines) is 1. The van der Waals surface area contributed by atoms with Crippen molar-refractivity contribution in [3.8, 4) is 0 Å². The van der Waals surface area contributed by atoms with Crippen molar-refractivity contribution in [1.29, 1.82) is 0 Å². The monoisotopic (exact) mass is 229 g/mol. The van der Waals surface area contributed by atoms with Crippen molar-refractivity contribution in [2.75, 3.05) is 19.6 Å². The number of hydrogen-bond donors (Lipinski definition) is 3. The lowest BCUT2D eigenvalue weighted by Gasteiger charge is -2.35. The van der Waals surface area contributed by atoms with E-state index < -0.39 is 12.0 Å². The molecule has 92 valence electrons. The number of hydrogen-bond acceptors (Lipinski definition) is 3. The van der Waals surface area contributed by atoms with Crippen molar-refractivity contribution >= 4 is 12.0 Å². The Kier molecular flexibility index (Phi) is 4.54. The van der Waals surface area contributed by atoms with Gasteiger partial charge in [0.1, 0.15) is 6.04 Å². The Morgan fingerprint density at radius 1 is 1.56 bits per heavy atom. The number of aliphatic carboxylic acids is 1. The van der Waals surface area contributed by atoms with E-state index in [1.807, 2.05) is 6.92 Å². The van der Waals surface area contributed by atoms with Crippen LogP contribution in [0.4, 0.5) is 4.79 Å². The van der Waals surface area contributed by atoms with Crippen molar-refractivity contribution in [2.45, 2.75) is 25.8 Å². The standard InChI is InChI=1S/C10H19N3O3/c1-7-2-5-13(8(6-7)9(14)15)10(16)12-4-3-11/h7-8H,2-6,11H2,1H3,(H,12,16)(H,14,15). The molecular weight excluding hydrogens is 210 g/mol. The average molecular weight is 229 g/mol. The van der Waals surface area contributed by atoms with Crippen LogP contribution >= 0.6 is 0 Å². The highest BCUT2D eigenvalue weighted by Crippen LogP contribution is 2.22. The Balaban J connectivity index is 2.61. The largest absolute Gasteiger partial charge is 0.480 e. The van der Waals surface area contributed by atoms with Gasteiger partial charge in [0.15, 0.2) is 0 Å². The maximum absolute atomic E-state index is 11.7. The third-order valence-corrected chi connectivity index (χ3v) is 2.83. The highest BCUT2D eigenvalue weighted by atomic mass is 16.4. The number of urea groups is 1. The molecule has 16 heavy (non-hydrogen) atoms. The summed E-state index contributed by atoms with van der Waals surface area (Å²) in [6.07, 6.45) is 1.37. The molecule has 1 heterocycles. The number of nitrogens with one attached hydrogen (secondary N) is 1. The summed E-state index contributed by atoms with van der Waals surface area (Å²) in [5.74, 6) is -0.589. The van der Waals surface area contributed by atoms with Gasteiger partial charge < -0.3 is 21.1 Å². The summed E-state index contributed by atoms with van der Waals surface area (Å²) in [4.78, 5) is 24.1. The molecular formula is C10H19N3O3. The number of nitrogens with zero attached hydrogens (tertiary/aromatic N) is 1. The molecule has 1 aliphatic rings. The van der Waals surface area contributed by atoms with Gasteiger partial charge in [0.25, 0.3) is 0 Å². The Morgan fingerprint density at radius 3 is 2.81 bits per heavy atom. The SMILES string of the molecule is CC1CCN(C(=O)NCCN)C(C(=O)O)C1. The number of carbonyl (C=O) groups excluding carboxylic acids is 1. The molecule has 0 radical (unpaired) electrons. The minimum atomic E-state index is -0.936. The van der Waals surface area contributed by atoms with Gasteiger partial charge in [-0.15, -0.1) is 0 Å². The van der Waals surface area contributed by atoms with E-state index >= 15 is 0 Å². The van der Waals surface area contributed by atoms with Crippen molar-refractivity contribution in [3.05, 3.63) is 0 Å². The van der Waals surface area contributed by atoms with E-state index in [0.29, 0.717) is 32.0 Å². The molecule has 2 unspecified atom stereocenters. The quantitative estimate of drug-likeness (QED) is 0.626. The fraction of sp³-hybridized carbons (Fsp3) is 0.800. The van der Waals surface area contributed by atoms with Crippen molar-refractivity contribution in [1.82, 2.24) is 10.2 Å². The molecule has 0 aromatic rings. The zero-order valence-corrected chi connectivity index (χ0v) is 9.48. The second-order valence-electron chi connectivity index (χ2n) is 4.20. The molecule has 1 rings (SSSR count). The highest BCUT2D eigenvalue weighted by molar-refractivity contribution is 5.82. The number of amides is 2. The summed E-state index contributed by atoms with van der Waals surface area (Å²) in [5, 5.41) is 11.7. The van der Waals surface area contributed by atoms with E-state index in [0.717, 1.165) is 6.42 Å². The summed E-state index contributed by atoms with van der Waals surface area (Å²) < 4.78 is 0. The van der Waals surface area contributed by atoms with Gasteiger partial charge in [0.05, 0.1) is 0 Å². The van der Waals surface area contributed by atoms with E-state index in [2.05, 4.69) is 5.32 Å². The first-order chi connectivity index (χ1) is 7.56. The molecule has 6 heteroatoms. The van der Waals surface area contributed by atoms with Crippen molar-refractivity contribution in [2.24, 2.45) is 11.7 Å². The maximum atomic E-state index is 11.7. The highest BCUT2D eigenvalue weighted by Gasteiger charge is 2.34. The topological polar surface area (TPSA) is 95.7 Å². The molecule has 1 fully saturated rings. The molecule has 0 spiro atoms. The average Bonchev–Trinajstić information content (AvgIpc) is 2.25. The number of piperidine rings is 1. The minimum absolute atomic E-state index is 0.329. The molecule has 6 nitrogen and oxygen atoms in total. The lowest BCUT2D eigenvalue weighted by Crippen LogP contribution is -2.53. The lowest BCUT2D eigenvalue weighted by atomic mass is 9.93. The fourth-order valence-corrected chi connectivity index (χ4v) is 1.90. The van der Waals surface area contributed by atoms with Gasteiger partial charge in [-0.05, 0) is 18.8 Å². The first-order valence-electron chi connectivity index (χ1n) is 5.53. The normalized spacial score (nSPS) is 25.2. The van der Waals surface area contributed by atoms with Gasteiger partial charge in [-0.25, -0.2) is 9.59 Å². The van der Waals surface area contributed by atoms with Crippen LogP contribution < -0.4 is 11.1 Å². The Morgan fingerprint density at radius 2 is 2.25 bits per heavy atom. The lowest BCUT2D eigenvalue weighted by molar-refractivity contribution is -0.143. The molecule has 0 aromatic carbocycles. The molecule has 0 bridgehead atoms. The Bertz CT molecular complexity index is 270. The van der Waals surface area contributed by atoms with Gasteiger partial charge in [-0.3, -0.25) is 0 Å². The number of nitrogens with two attached hydrogens (primary N) is 1. The summed E-state index contributed by atoms with van der Waals surface area (Å²) in [6, 6.07) is -1.04. The van der Waals surface area contributed by atoms with Crippen LogP contribution in [0.3, 0.4) is 0 Å². The molecule has 0 aromatic heterocycles. The maximum Gasteiger partial charge on any atom is 0.326 e. The minimum Gasteiger partial charge on any atom is -0.480 e. The van der Waals surface area contributed by atoms with Gasteiger partial charge in [0, 0.05) is 19.6 Å². The smallest absolute Gasteiger partial charge is 0.326 e. The third-order valence-electron chi connectivity index (χ3n) is 2.83. The number of rotatable bonds is 3. The molecule has 1 saturated heterocycles. The summed E-state index contributed by atoms with van der Waals surface area (Å²) in [6.45, 7) is 3.23. The predicted molar refractivity (Wildman–Crippen MR) is 59.0 cm³/mol. The van der Waals surface area contributed by atoms with Crippen LogP contribution in [0.1, 0.15) is 19.8 Å². The molecule has 1 aliphatic heterocycles. The molecule has 4 N–H and O–H groups in total. The van der Waals surface area contributed by atoms with Gasteiger partial charge >= 0.3 is 12.0 Å². The predicted octanol–water partition coefficient (Wildman–Crippen LogP) is -0.160. The van der Waals surface area contributed by atoms with E-state index in [1.165, 1.54) is 4.90 Å². The summed E-state index contributed by atoms with van der Waals surface area (Å²) >= 11 is 0. The number of carboxylic acid groups (broad SMARTS) is 1. The first kappa shape index (κ1) is 12.8. The van der Waals surface area contributed by atoms with E-state index in [-0.39, 0.29) is 6.03 Å². The van der Waals surface area contributed by atoms with Crippen molar-refractivity contribution < 1.29 is 14.7 Å². The van der Waals surface area contributed by atoms with Gasteiger partial charge in [-0.1, -0.05) is 6.92 Å². The van der Waals surface area contributed by atoms with E-state index in [1.54, 1.807) is 0 Å². The van der Waals surface area contributed by atoms with E-state index in [9.17, 15) is 9.59 Å². The summed E-state index contributed by atoms with van der Waals surface area (Å²) in [5.41, 5.74) is 5.27. The zero-order chi connectivity index (χ0) is 12.1. The van der Waals surface area contributed by atoms with Crippen LogP contribution in [-0.4, -0.2) is 47.7 Å². The van der Waals surface area contributed by atoms with Crippen LogP contribution in [0, 0.1) is 5.92 Å². The second kappa shape index (κ2) is 5.69. The van der Waals surface area contributed by atoms with Crippen LogP contribution in [0.15, 0.2) is 0 Å². The van der Waals surface area contributed by atoms with Crippen molar-refractivity contribution in [3.63, 3.8) is 0 Å². The molecule has 2 atom stereocenters. The molecule has 0 aliphatic carbocycles. The Labute approximate surface area is 94.8 Å². The number of carboxylic acids is 1. The van der Waals surface area contributed by atoms with Crippen LogP contribution in [0.5, 0.6) is 0 Å². The second-order valence-corrected chi connectivity index (χ2v) is 4.20.